The van der Waals surface area contributed by atoms with Crippen molar-refractivity contribution in [3.05, 3.63) is 84.8 Å². The number of carbonyl (C=O) groups is 2. The molecule has 3 aromatic heterocycles. The number of aliphatic hydroxyl groups excluding tert-OH is 1. The van der Waals surface area contributed by atoms with Crippen LogP contribution in [0.5, 0.6) is 0 Å². The van der Waals surface area contributed by atoms with E-state index in [1.54, 1.807) is 0 Å². The molecule has 224 valence electrons. The molecule has 6 rings (SSSR count). The van der Waals surface area contributed by atoms with E-state index in [0.717, 1.165) is 62.2 Å². The van der Waals surface area contributed by atoms with Gasteiger partial charge in [-0.05, 0) is 74.1 Å². The summed E-state index contributed by atoms with van der Waals surface area (Å²) in [4.78, 5) is 36.4. The Kier molecular flexibility index (Phi) is 7.08. The van der Waals surface area contributed by atoms with Crippen molar-refractivity contribution < 1.29 is 24.2 Å². The lowest BCUT2D eigenvalue weighted by atomic mass is 9.85. The number of hydrogen-bond acceptors (Lipinski definition) is 6. The molecule has 0 amide bonds. The van der Waals surface area contributed by atoms with Gasteiger partial charge in [0.1, 0.15) is 5.57 Å². The number of aliphatic hydroxyl groups is 1. The van der Waals surface area contributed by atoms with Crippen LogP contribution < -0.4 is 16.0 Å². The lowest BCUT2D eigenvalue weighted by molar-refractivity contribution is -0.163. The van der Waals surface area contributed by atoms with Crippen molar-refractivity contribution in [1.82, 2.24) is 20.3 Å². The third-order valence-electron chi connectivity index (χ3n) is 9.41. The molecule has 1 fully saturated rings. The standard InChI is InChI=1S/C34H38N4O5/c1-8-19-15(3)22-12-24-17(5)21(10-11-28(39)42-7)31(37-24)30-32-29(33(40)43-34(30)41)18(6)25(38-32)14-27-20(9-2)16(4)23(36-27)13-26(19)35-22/h8,12-14,17,21,33,35-38,40H,1,9-11H2,2-7H3. The lowest BCUT2D eigenvalue weighted by Gasteiger charge is -2.24. The van der Waals surface area contributed by atoms with Gasteiger partial charge in [-0.25, -0.2) is 4.79 Å². The van der Waals surface area contributed by atoms with Crippen LogP contribution in [-0.2, 0) is 25.5 Å². The summed E-state index contributed by atoms with van der Waals surface area (Å²) in [5, 5.41) is 16.4. The van der Waals surface area contributed by atoms with E-state index in [2.05, 4.69) is 66.7 Å². The Morgan fingerprint density at radius 3 is 2.47 bits per heavy atom. The van der Waals surface area contributed by atoms with Crippen LogP contribution in [0.3, 0.4) is 0 Å². The van der Waals surface area contributed by atoms with Gasteiger partial charge < -0.3 is 34.8 Å². The summed E-state index contributed by atoms with van der Waals surface area (Å²) < 4.78 is 10.5. The predicted molar refractivity (Wildman–Crippen MR) is 165 cm³/mol. The molecule has 0 saturated carbocycles. The highest BCUT2D eigenvalue weighted by Gasteiger charge is 2.42. The molecule has 8 bridgehead atoms. The highest BCUT2D eigenvalue weighted by Crippen LogP contribution is 2.45. The van der Waals surface area contributed by atoms with Gasteiger partial charge in [-0.2, -0.15) is 0 Å². The first-order chi connectivity index (χ1) is 20.6. The number of rotatable bonds is 5. The summed E-state index contributed by atoms with van der Waals surface area (Å²) in [5.41, 5.74) is 10.8. The van der Waals surface area contributed by atoms with Gasteiger partial charge in [-0.15, -0.1) is 0 Å². The molecule has 1 saturated heterocycles. The van der Waals surface area contributed by atoms with Crippen molar-refractivity contribution in [3.63, 3.8) is 0 Å². The summed E-state index contributed by atoms with van der Waals surface area (Å²) in [5.74, 6) is -1.20. The zero-order valence-corrected chi connectivity index (χ0v) is 25.5. The molecule has 3 atom stereocenters. The van der Waals surface area contributed by atoms with Gasteiger partial charge in [-0.3, -0.25) is 4.79 Å². The van der Waals surface area contributed by atoms with Crippen molar-refractivity contribution >= 4 is 41.8 Å². The number of allylic oxidation sites excluding steroid dienone is 2. The molecule has 6 heterocycles. The zero-order valence-electron chi connectivity index (χ0n) is 25.5. The fourth-order valence-electron chi connectivity index (χ4n) is 6.88. The summed E-state index contributed by atoms with van der Waals surface area (Å²) in [6.45, 7) is 14.4. The number of hydrogen-bond donors (Lipinski definition) is 5. The van der Waals surface area contributed by atoms with E-state index in [9.17, 15) is 14.7 Å². The van der Waals surface area contributed by atoms with Gasteiger partial charge in [0.2, 0.25) is 6.29 Å². The molecule has 3 aromatic rings. The van der Waals surface area contributed by atoms with Crippen molar-refractivity contribution in [2.24, 2.45) is 11.8 Å². The number of esters is 2. The molecule has 0 spiro atoms. The summed E-state index contributed by atoms with van der Waals surface area (Å²) in [6, 6.07) is 0. The average Bonchev–Trinajstić information content (AvgIpc) is 3.65. The lowest BCUT2D eigenvalue weighted by Crippen LogP contribution is -2.25. The number of aromatic nitrogens is 3. The van der Waals surface area contributed by atoms with Crippen LogP contribution in [0.1, 0.15) is 89.1 Å². The first kappa shape index (κ1) is 28.6. The van der Waals surface area contributed by atoms with E-state index in [0.29, 0.717) is 28.9 Å². The van der Waals surface area contributed by atoms with Crippen molar-refractivity contribution in [1.29, 1.82) is 0 Å². The van der Waals surface area contributed by atoms with E-state index >= 15 is 0 Å². The Morgan fingerprint density at radius 1 is 1.05 bits per heavy atom. The summed E-state index contributed by atoms with van der Waals surface area (Å²) >= 11 is 0. The monoisotopic (exact) mass is 582 g/mol. The van der Waals surface area contributed by atoms with E-state index in [1.807, 2.05) is 19.1 Å². The van der Waals surface area contributed by atoms with Gasteiger partial charge >= 0.3 is 11.9 Å². The maximum Gasteiger partial charge on any atom is 0.344 e. The van der Waals surface area contributed by atoms with Crippen LogP contribution in [0.15, 0.2) is 18.0 Å². The van der Waals surface area contributed by atoms with Gasteiger partial charge in [0.25, 0.3) is 0 Å². The predicted octanol–water partition coefficient (Wildman–Crippen LogP) is 3.88. The first-order valence-electron chi connectivity index (χ1n) is 14.7. The normalized spacial score (nSPS) is 20.6. The largest absolute Gasteiger partial charge is 0.469 e. The molecule has 0 aromatic carbocycles. The Balaban J connectivity index is 1.70. The third-order valence-corrected chi connectivity index (χ3v) is 9.41. The highest BCUT2D eigenvalue weighted by atomic mass is 16.6. The number of methoxy groups -OCH3 is 1. The van der Waals surface area contributed by atoms with Crippen LogP contribution in [-0.4, -0.2) is 39.1 Å². The van der Waals surface area contributed by atoms with E-state index < -0.39 is 12.3 Å². The van der Waals surface area contributed by atoms with Crippen LogP contribution in [0, 0.1) is 32.6 Å². The van der Waals surface area contributed by atoms with Crippen molar-refractivity contribution in [3.8, 4) is 0 Å². The number of ether oxygens (including phenoxy) is 2. The first-order valence-corrected chi connectivity index (χ1v) is 14.7. The molecule has 5 N–H and O–H groups in total. The number of fused-ring (bicyclic) bond motifs is 7. The Bertz CT molecular complexity index is 1880. The topological polar surface area (TPSA) is 132 Å². The number of nitrogens with one attached hydrogen (secondary N) is 4. The molecule has 0 radical (unpaired) electrons. The fraction of sp³-hybridized carbons (Fsp3) is 0.353. The summed E-state index contributed by atoms with van der Waals surface area (Å²) in [6.07, 6.45) is 8.18. The molecule has 0 aliphatic carbocycles. The maximum absolute atomic E-state index is 13.5. The molecule has 43 heavy (non-hydrogen) atoms. The SMILES string of the molecule is C=Cc1c2[nH]c(c1C)C=C1NC(=C3C(=O)OC(O)c4c3[nH]c(c4C)C=c3[nH]c(c(C)c3CC)=C2)C(CCC(=O)OC)C1C. The minimum Gasteiger partial charge on any atom is -0.469 e. The fourth-order valence-corrected chi connectivity index (χ4v) is 6.88. The Morgan fingerprint density at radius 2 is 1.77 bits per heavy atom. The van der Waals surface area contributed by atoms with E-state index in [-0.39, 0.29) is 24.2 Å². The molecule has 9 heteroatoms. The highest BCUT2D eigenvalue weighted by molar-refractivity contribution is 6.19. The summed E-state index contributed by atoms with van der Waals surface area (Å²) in [7, 11) is 1.38. The van der Waals surface area contributed by atoms with E-state index in [1.165, 1.54) is 12.7 Å². The Hall–Kier alpha value is -4.50. The van der Waals surface area contributed by atoms with Gasteiger partial charge in [0, 0.05) is 68.6 Å². The van der Waals surface area contributed by atoms with Gasteiger partial charge in [0.15, 0.2) is 0 Å². The van der Waals surface area contributed by atoms with Crippen LogP contribution in [0.2, 0.25) is 0 Å². The van der Waals surface area contributed by atoms with Crippen LogP contribution in [0.25, 0.3) is 29.9 Å². The maximum atomic E-state index is 13.5. The second-order valence-corrected chi connectivity index (χ2v) is 11.6. The molecule has 3 aliphatic rings. The van der Waals surface area contributed by atoms with Crippen LogP contribution >= 0.6 is 0 Å². The third kappa shape index (κ3) is 4.50. The molecule has 3 aliphatic heterocycles. The minimum atomic E-state index is -1.40. The van der Waals surface area contributed by atoms with Crippen molar-refractivity contribution in [2.45, 2.75) is 60.2 Å². The molecule has 3 unspecified atom stereocenters. The minimum absolute atomic E-state index is 0.0600. The van der Waals surface area contributed by atoms with Crippen LogP contribution in [0.4, 0.5) is 0 Å². The second kappa shape index (κ2) is 10.6. The number of H-pyrrole nitrogens is 3. The second-order valence-electron chi connectivity index (χ2n) is 11.6. The molecular formula is C34H38N4O5. The van der Waals surface area contributed by atoms with Gasteiger partial charge in [-0.1, -0.05) is 26.5 Å². The number of aromatic amines is 3. The van der Waals surface area contributed by atoms with Gasteiger partial charge in [0.05, 0.1) is 12.8 Å². The average molecular weight is 583 g/mol. The smallest absolute Gasteiger partial charge is 0.344 e. The quantitative estimate of drug-likeness (QED) is 0.290. The number of cyclic esters (lactones) is 1. The molecular weight excluding hydrogens is 544 g/mol. The zero-order chi connectivity index (χ0) is 30.7. The van der Waals surface area contributed by atoms with E-state index in [4.69, 9.17) is 9.47 Å². The van der Waals surface area contributed by atoms with Crippen molar-refractivity contribution in [2.75, 3.05) is 7.11 Å². The Labute approximate surface area is 250 Å². The molecule has 9 nitrogen and oxygen atoms in total. The number of carbonyl (C=O) groups excluding carboxylic acids is 2.